The number of hydrogen-bond donors (Lipinski definition) is 1. The van der Waals surface area contributed by atoms with Crippen molar-refractivity contribution in [3.8, 4) is 0 Å². The number of amides is 1. The highest BCUT2D eigenvalue weighted by Crippen LogP contribution is 2.27. The number of nitrogens with zero attached hydrogens (tertiary/aromatic N) is 3. The Kier molecular flexibility index (Phi) is 6.30. The second-order valence-corrected chi connectivity index (χ2v) is 7.70. The van der Waals surface area contributed by atoms with Crippen LogP contribution < -0.4 is 5.32 Å². The van der Waals surface area contributed by atoms with E-state index in [1.807, 2.05) is 60.1 Å². The Hall–Kier alpha value is -2.90. The Labute approximate surface area is 176 Å². The molecule has 1 aromatic carbocycles. The maximum atomic E-state index is 12.8. The minimum absolute atomic E-state index is 0.198. The number of piperidine rings is 1. The summed E-state index contributed by atoms with van der Waals surface area (Å²) >= 11 is 0. The van der Waals surface area contributed by atoms with E-state index in [0.29, 0.717) is 5.82 Å². The number of anilines is 1. The number of hydrogen-bond acceptors (Lipinski definition) is 5. The summed E-state index contributed by atoms with van der Waals surface area (Å²) in [7, 11) is 1.55. The Balaban J connectivity index is 1.37. The summed E-state index contributed by atoms with van der Waals surface area (Å²) in [6.45, 7) is 4.72. The molecule has 158 valence electrons. The van der Waals surface area contributed by atoms with E-state index >= 15 is 0 Å². The van der Waals surface area contributed by atoms with Gasteiger partial charge in [0.05, 0.1) is 18.8 Å². The summed E-state index contributed by atoms with van der Waals surface area (Å²) in [5.41, 5.74) is 0.824. The van der Waals surface area contributed by atoms with Gasteiger partial charge in [0, 0.05) is 26.3 Å². The maximum Gasteiger partial charge on any atom is 0.259 e. The summed E-state index contributed by atoms with van der Waals surface area (Å²) < 4.78 is 13.1. The third kappa shape index (κ3) is 4.63. The SMILES string of the molecule is COC(C(=O)Nc1ccnn1C1CCN(Cc2ccc(C)o2)CC1)c1ccccc1. The van der Waals surface area contributed by atoms with E-state index in [0.717, 1.165) is 49.6 Å². The molecule has 4 rings (SSSR count). The minimum Gasteiger partial charge on any atom is -0.465 e. The fourth-order valence-electron chi connectivity index (χ4n) is 4.03. The third-order valence-corrected chi connectivity index (χ3v) is 5.58. The molecule has 0 aliphatic carbocycles. The standard InChI is InChI=1S/C23H28N4O3/c1-17-8-9-20(30-17)16-26-14-11-19(12-15-26)27-21(10-13-24-27)25-23(28)22(29-2)18-6-4-3-5-7-18/h3-10,13,19,22H,11-12,14-16H2,1-2H3,(H,25,28). The number of likely N-dealkylation sites (tertiary alicyclic amines) is 1. The lowest BCUT2D eigenvalue weighted by atomic mass is 10.1. The van der Waals surface area contributed by atoms with Crippen LogP contribution in [0.5, 0.6) is 0 Å². The number of benzene rings is 1. The Morgan fingerprint density at radius 1 is 1.20 bits per heavy atom. The van der Waals surface area contributed by atoms with E-state index in [9.17, 15) is 4.79 Å². The molecular formula is C23H28N4O3. The fraction of sp³-hybridized carbons (Fsp3) is 0.391. The molecule has 0 spiro atoms. The van der Waals surface area contributed by atoms with E-state index in [2.05, 4.69) is 15.3 Å². The summed E-state index contributed by atoms with van der Waals surface area (Å²) in [5, 5.41) is 7.49. The maximum absolute atomic E-state index is 12.8. The van der Waals surface area contributed by atoms with Gasteiger partial charge in [0.15, 0.2) is 6.10 Å². The first-order chi connectivity index (χ1) is 14.6. The quantitative estimate of drug-likeness (QED) is 0.641. The molecule has 3 heterocycles. The number of ether oxygens (including phenoxy) is 1. The van der Waals surface area contributed by atoms with Gasteiger partial charge in [-0.1, -0.05) is 30.3 Å². The van der Waals surface area contributed by atoms with Crippen molar-refractivity contribution in [3.63, 3.8) is 0 Å². The number of furan rings is 1. The van der Waals surface area contributed by atoms with Crippen LogP contribution in [0.25, 0.3) is 0 Å². The molecule has 2 aromatic heterocycles. The molecule has 30 heavy (non-hydrogen) atoms. The smallest absolute Gasteiger partial charge is 0.259 e. The van der Waals surface area contributed by atoms with Gasteiger partial charge in [0.2, 0.25) is 0 Å². The number of aromatic nitrogens is 2. The van der Waals surface area contributed by atoms with E-state index in [-0.39, 0.29) is 11.9 Å². The molecule has 0 saturated carbocycles. The highest BCUT2D eigenvalue weighted by molar-refractivity contribution is 5.94. The molecular weight excluding hydrogens is 380 g/mol. The van der Waals surface area contributed by atoms with Crippen LogP contribution in [-0.2, 0) is 16.1 Å². The molecule has 1 aliphatic heterocycles. The lowest BCUT2D eigenvalue weighted by Crippen LogP contribution is -2.35. The van der Waals surface area contributed by atoms with Crippen molar-refractivity contribution in [3.05, 3.63) is 71.8 Å². The number of aryl methyl sites for hydroxylation is 1. The second-order valence-electron chi connectivity index (χ2n) is 7.70. The van der Waals surface area contributed by atoms with Crippen LogP contribution in [0.1, 0.15) is 42.1 Å². The van der Waals surface area contributed by atoms with Crippen molar-refractivity contribution in [1.29, 1.82) is 0 Å². The number of carbonyl (C=O) groups is 1. The summed E-state index contributed by atoms with van der Waals surface area (Å²) in [4.78, 5) is 15.2. The first-order valence-corrected chi connectivity index (χ1v) is 10.3. The van der Waals surface area contributed by atoms with Gasteiger partial charge in [-0.15, -0.1) is 0 Å². The molecule has 0 bridgehead atoms. The molecule has 0 radical (unpaired) electrons. The van der Waals surface area contributed by atoms with Gasteiger partial charge in [-0.05, 0) is 37.5 Å². The zero-order chi connectivity index (χ0) is 20.9. The second kappa shape index (κ2) is 9.28. The van der Waals surface area contributed by atoms with Crippen molar-refractivity contribution in [1.82, 2.24) is 14.7 Å². The lowest BCUT2D eigenvalue weighted by Gasteiger charge is -2.32. The van der Waals surface area contributed by atoms with Gasteiger partial charge < -0.3 is 14.5 Å². The van der Waals surface area contributed by atoms with Crippen LogP contribution in [0.4, 0.5) is 5.82 Å². The molecule has 1 unspecified atom stereocenters. The van der Waals surface area contributed by atoms with Crippen molar-refractivity contribution < 1.29 is 13.9 Å². The summed E-state index contributed by atoms with van der Waals surface area (Å²) in [6.07, 6.45) is 3.01. The van der Waals surface area contributed by atoms with Crippen molar-refractivity contribution in [2.75, 3.05) is 25.5 Å². The molecule has 1 aliphatic rings. The molecule has 1 saturated heterocycles. The van der Waals surface area contributed by atoms with Gasteiger partial charge >= 0.3 is 0 Å². The number of carbonyl (C=O) groups excluding carboxylic acids is 1. The van der Waals surface area contributed by atoms with E-state index in [1.54, 1.807) is 13.3 Å². The first kappa shape index (κ1) is 20.4. The molecule has 1 fully saturated rings. The van der Waals surface area contributed by atoms with Crippen molar-refractivity contribution in [2.24, 2.45) is 0 Å². The predicted molar refractivity (Wildman–Crippen MR) is 114 cm³/mol. The van der Waals surface area contributed by atoms with Gasteiger partial charge in [-0.25, -0.2) is 4.68 Å². The van der Waals surface area contributed by atoms with Crippen LogP contribution in [0, 0.1) is 6.92 Å². The Morgan fingerprint density at radius 2 is 1.97 bits per heavy atom. The summed E-state index contributed by atoms with van der Waals surface area (Å²) in [5.74, 6) is 2.46. The first-order valence-electron chi connectivity index (χ1n) is 10.3. The zero-order valence-electron chi connectivity index (χ0n) is 17.5. The van der Waals surface area contributed by atoms with Gasteiger partial charge in [-0.3, -0.25) is 9.69 Å². The highest BCUT2D eigenvalue weighted by Gasteiger charge is 2.26. The topological polar surface area (TPSA) is 72.5 Å². The van der Waals surface area contributed by atoms with Gasteiger partial charge in [0.1, 0.15) is 17.3 Å². The van der Waals surface area contributed by atoms with Crippen LogP contribution in [0.15, 0.2) is 59.1 Å². The van der Waals surface area contributed by atoms with Crippen LogP contribution in [0.3, 0.4) is 0 Å². The van der Waals surface area contributed by atoms with Gasteiger partial charge in [-0.2, -0.15) is 5.10 Å². The van der Waals surface area contributed by atoms with Crippen LogP contribution >= 0.6 is 0 Å². The molecule has 7 nitrogen and oxygen atoms in total. The molecule has 1 N–H and O–H groups in total. The summed E-state index contributed by atoms with van der Waals surface area (Å²) in [6, 6.07) is 15.6. The Bertz CT molecular complexity index is 958. The molecule has 1 atom stereocenters. The zero-order valence-corrected chi connectivity index (χ0v) is 17.5. The third-order valence-electron chi connectivity index (χ3n) is 5.58. The van der Waals surface area contributed by atoms with E-state index in [1.165, 1.54) is 0 Å². The van der Waals surface area contributed by atoms with Crippen molar-refractivity contribution >= 4 is 11.7 Å². The number of methoxy groups -OCH3 is 1. The normalized spacial score (nSPS) is 16.5. The minimum atomic E-state index is -0.659. The number of nitrogens with one attached hydrogen (secondary N) is 1. The van der Waals surface area contributed by atoms with Crippen molar-refractivity contribution in [2.45, 2.75) is 38.5 Å². The van der Waals surface area contributed by atoms with Gasteiger partial charge in [0.25, 0.3) is 5.91 Å². The largest absolute Gasteiger partial charge is 0.465 e. The fourth-order valence-corrected chi connectivity index (χ4v) is 4.03. The molecule has 7 heteroatoms. The predicted octanol–water partition coefficient (Wildman–Crippen LogP) is 3.95. The van der Waals surface area contributed by atoms with E-state index in [4.69, 9.17) is 9.15 Å². The number of rotatable bonds is 7. The molecule has 1 amide bonds. The Morgan fingerprint density at radius 3 is 2.63 bits per heavy atom. The average molecular weight is 409 g/mol. The highest BCUT2D eigenvalue weighted by atomic mass is 16.5. The van der Waals surface area contributed by atoms with Crippen LogP contribution in [0.2, 0.25) is 0 Å². The lowest BCUT2D eigenvalue weighted by molar-refractivity contribution is -0.126. The van der Waals surface area contributed by atoms with Crippen LogP contribution in [-0.4, -0.2) is 40.8 Å². The molecule has 3 aromatic rings. The average Bonchev–Trinajstić information content (AvgIpc) is 3.39. The van der Waals surface area contributed by atoms with E-state index < -0.39 is 6.10 Å². The monoisotopic (exact) mass is 408 g/mol.